The minimum absolute atomic E-state index is 0.232. The molecular formula is C15H19FN4O. The Morgan fingerprint density at radius 1 is 1.29 bits per heavy atom. The number of anilines is 2. The molecule has 1 aromatic heterocycles. The molecule has 2 rings (SSSR count). The van der Waals surface area contributed by atoms with Crippen LogP contribution in [0.5, 0.6) is 5.75 Å². The Bertz CT molecular complexity index is 606. The smallest absolute Gasteiger partial charge is 0.204 e. The molecule has 0 spiro atoms. The molecule has 0 atom stereocenters. The van der Waals surface area contributed by atoms with E-state index in [0.29, 0.717) is 29.5 Å². The van der Waals surface area contributed by atoms with Crippen molar-refractivity contribution in [1.82, 2.24) is 9.97 Å². The summed E-state index contributed by atoms with van der Waals surface area (Å²) in [6.07, 6.45) is 1.47. The third-order valence-corrected chi connectivity index (χ3v) is 3.06. The van der Waals surface area contributed by atoms with Gasteiger partial charge < -0.3 is 15.0 Å². The molecule has 0 fully saturated rings. The van der Waals surface area contributed by atoms with Crippen LogP contribution in [0, 0.1) is 5.82 Å². The first kappa shape index (κ1) is 15.0. The van der Waals surface area contributed by atoms with E-state index in [1.165, 1.54) is 12.4 Å². The average molecular weight is 290 g/mol. The number of methoxy groups -OCH3 is 1. The van der Waals surface area contributed by atoms with Gasteiger partial charge in [0.2, 0.25) is 5.75 Å². The molecule has 0 saturated heterocycles. The molecule has 0 radical (unpaired) electrons. The fourth-order valence-corrected chi connectivity index (χ4v) is 2.07. The maximum absolute atomic E-state index is 13.7. The first-order valence-corrected chi connectivity index (χ1v) is 6.74. The highest BCUT2D eigenvalue weighted by Gasteiger charge is 2.16. The van der Waals surface area contributed by atoms with Gasteiger partial charge in [0.25, 0.3) is 0 Å². The maximum Gasteiger partial charge on any atom is 0.204 e. The Hall–Kier alpha value is -2.37. The first-order chi connectivity index (χ1) is 10.2. The summed E-state index contributed by atoms with van der Waals surface area (Å²) in [6, 6.07) is 6.69. The highest BCUT2D eigenvalue weighted by atomic mass is 19.1. The van der Waals surface area contributed by atoms with Crippen molar-refractivity contribution in [2.24, 2.45) is 0 Å². The van der Waals surface area contributed by atoms with Crippen LogP contribution in [0.25, 0.3) is 0 Å². The van der Waals surface area contributed by atoms with Gasteiger partial charge in [0.05, 0.1) is 7.11 Å². The number of hydrogen-bond donors (Lipinski definition) is 1. The van der Waals surface area contributed by atoms with E-state index in [2.05, 4.69) is 15.3 Å². The van der Waals surface area contributed by atoms with Gasteiger partial charge in [-0.05, 0) is 13.0 Å². The Balaban J connectivity index is 2.28. The topological polar surface area (TPSA) is 50.3 Å². The van der Waals surface area contributed by atoms with Crippen molar-refractivity contribution in [3.8, 4) is 5.75 Å². The minimum atomic E-state index is -0.232. The van der Waals surface area contributed by atoms with Gasteiger partial charge in [-0.2, -0.15) is 0 Å². The van der Waals surface area contributed by atoms with E-state index in [4.69, 9.17) is 4.74 Å². The second kappa shape index (κ2) is 6.88. The normalized spacial score (nSPS) is 10.3. The SMILES string of the molecule is CCNc1ncnc(N(C)Cc2ccccc2F)c1OC. The van der Waals surface area contributed by atoms with Crippen LogP contribution in [0.3, 0.4) is 0 Å². The second-order valence-corrected chi connectivity index (χ2v) is 4.56. The Morgan fingerprint density at radius 2 is 2.05 bits per heavy atom. The average Bonchev–Trinajstić information content (AvgIpc) is 2.49. The second-order valence-electron chi connectivity index (χ2n) is 4.56. The van der Waals surface area contributed by atoms with E-state index in [1.807, 2.05) is 24.9 Å². The zero-order valence-electron chi connectivity index (χ0n) is 12.4. The summed E-state index contributed by atoms with van der Waals surface area (Å²) in [4.78, 5) is 10.2. The summed E-state index contributed by atoms with van der Waals surface area (Å²) in [5, 5.41) is 3.12. The van der Waals surface area contributed by atoms with Crippen molar-refractivity contribution in [2.75, 3.05) is 30.9 Å². The Morgan fingerprint density at radius 3 is 2.71 bits per heavy atom. The zero-order valence-corrected chi connectivity index (χ0v) is 12.4. The highest BCUT2D eigenvalue weighted by Crippen LogP contribution is 2.31. The summed E-state index contributed by atoms with van der Waals surface area (Å²) in [5.41, 5.74) is 0.602. The molecule has 0 bridgehead atoms. The molecule has 2 aromatic rings. The van der Waals surface area contributed by atoms with Crippen molar-refractivity contribution in [1.29, 1.82) is 0 Å². The van der Waals surface area contributed by atoms with Gasteiger partial charge in [-0.1, -0.05) is 18.2 Å². The molecule has 0 aliphatic heterocycles. The number of nitrogens with zero attached hydrogens (tertiary/aromatic N) is 3. The molecule has 6 heteroatoms. The van der Waals surface area contributed by atoms with Gasteiger partial charge in [-0.3, -0.25) is 0 Å². The predicted molar refractivity (Wildman–Crippen MR) is 81.3 cm³/mol. The van der Waals surface area contributed by atoms with E-state index in [1.54, 1.807) is 19.2 Å². The fourth-order valence-electron chi connectivity index (χ4n) is 2.07. The molecule has 0 unspecified atom stereocenters. The lowest BCUT2D eigenvalue weighted by Crippen LogP contribution is -2.20. The van der Waals surface area contributed by atoms with Crippen LogP contribution in [0.15, 0.2) is 30.6 Å². The molecule has 21 heavy (non-hydrogen) atoms. The van der Waals surface area contributed by atoms with Crippen molar-refractivity contribution < 1.29 is 9.13 Å². The van der Waals surface area contributed by atoms with Gasteiger partial charge in [0.15, 0.2) is 11.6 Å². The maximum atomic E-state index is 13.7. The van der Waals surface area contributed by atoms with E-state index in [0.717, 1.165) is 6.54 Å². The standard InChI is InChI=1S/C15H19FN4O/c1-4-17-14-13(21-3)15(19-10-18-14)20(2)9-11-7-5-6-8-12(11)16/h5-8,10H,4,9H2,1-3H3,(H,17,18,19). The molecule has 1 heterocycles. The molecule has 0 amide bonds. The Labute approximate surface area is 123 Å². The lowest BCUT2D eigenvalue weighted by molar-refractivity contribution is 0.412. The molecular weight excluding hydrogens is 271 g/mol. The molecule has 1 N–H and O–H groups in total. The first-order valence-electron chi connectivity index (χ1n) is 6.74. The van der Waals surface area contributed by atoms with Gasteiger partial charge in [-0.25, -0.2) is 14.4 Å². The molecule has 0 saturated carbocycles. The minimum Gasteiger partial charge on any atom is -0.490 e. The quantitative estimate of drug-likeness (QED) is 0.886. The molecule has 1 aromatic carbocycles. The van der Waals surface area contributed by atoms with Gasteiger partial charge >= 0.3 is 0 Å². The van der Waals surface area contributed by atoms with Crippen molar-refractivity contribution in [3.63, 3.8) is 0 Å². The van der Waals surface area contributed by atoms with Crippen LogP contribution in [-0.2, 0) is 6.54 Å². The summed E-state index contributed by atoms with van der Waals surface area (Å²) in [6.45, 7) is 3.10. The fraction of sp³-hybridized carbons (Fsp3) is 0.333. The van der Waals surface area contributed by atoms with Crippen LogP contribution in [0.4, 0.5) is 16.0 Å². The number of aromatic nitrogens is 2. The van der Waals surface area contributed by atoms with Crippen LogP contribution >= 0.6 is 0 Å². The van der Waals surface area contributed by atoms with E-state index >= 15 is 0 Å². The van der Waals surface area contributed by atoms with Crippen molar-refractivity contribution >= 4 is 11.6 Å². The van der Waals surface area contributed by atoms with Crippen LogP contribution in [0.1, 0.15) is 12.5 Å². The lowest BCUT2D eigenvalue weighted by atomic mass is 10.2. The van der Waals surface area contributed by atoms with E-state index < -0.39 is 0 Å². The summed E-state index contributed by atoms with van der Waals surface area (Å²) in [7, 11) is 3.41. The largest absolute Gasteiger partial charge is 0.490 e. The molecule has 0 aliphatic carbocycles. The molecule has 0 aliphatic rings. The zero-order chi connectivity index (χ0) is 15.2. The number of ether oxygens (including phenoxy) is 1. The summed E-state index contributed by atoms with van der Waals surface area (Å²) >= 11 is 0. The van der Waals surface area contributed by atoms with Gasteiger partial charge in [-0.15, -0.1) is 0 Å². The number of rotatable bonds is 6. The number of hydrogen-bond acceptors (Lipinski definition) is 5. The third-order valence-electron chi connectivity index (χ3n) is 3.06. The highest BCUT2D eigenvalue weighted by molar-refractivity contribution is 5.64. The third kappa shape index (κ3) is 3.39. The van der Waals surface area contributed by atoms with Crippen LogP contribution in [-0.4, -0.2) is 30.7 Å². The lowest BCUT2D eigenvalue weighted by Gasteiger charge is -2.21. The molecule has 5 nitrogen and oxygen atoms in total. The van der Waals surface area contributed by atoms with Gasteiger partial charge in [0.1, 0.15) is 12.1 Å². The van der Waals surface area contributed by atoms with Crippen molar-refractivity contribution in [3.05, 3.63) is 42.0 Å². The Kier molecular flexibility index (Phi) is 4.92. The summed E-state index contributed by atoms with van der Waals surface area (Å²) < 4.78 is 19.1. The number of halogens is 1. The van der Waals surface area contributed by atoms with Crippen LogP contribution < -0.4 is 15.0 Å². The van der Waals surface area contributed by atoms with Gasteiger partial charge in [0, 0.05) is 25.7 Å². The molecule has 112 valence electrons. The monoisotopic (exact) mass is 290 g/mol. The summed E-state index contributed by atoms with van der Waals surface area (Å²) in [5.74, 6) is 1.57. The predicted octanol–water partition coefficient (Wildman–Crippen LogP) is 2.69. The van der Waals surface area contributed by atoms with Crippen LogP contribution in [0.2, 0.25) is 0 Å². The van der Waals surface area contributed by atoms with E-state index in [-0.39, 0.29) is 5.82 Å². The number of nitrogens with one attached hydrogen (secondary N) is 1. The van der Waals surface area contributed by atoms with Crippen molar-refractivity contribution in [2.45, 2.75) is 13.5 Å². The van der Waals surface area contributed by atoms with E-state index in [9.17, 15) is 4.39 Å². The number of benzene rings is 1.